The van der Waals surface area contributed by atoms with Gasteiger partial charge in [0.2, 0.25) is 5.91 Å². The fourth-order valence-corrected chi connectivity index (χ4v) is 6.18. The fraction of sp³-hybridized carbons (Fsp3) is 0.133. The minimum absolute atomic E-state index is 0.00994. The van der Waals surface area contributed by atoms with Gasteiger partial charge in [-0.15, -0.1) is 0 Å². The molecule has 11 nitrogen and oxygen atoms in total. The number of imide groups is 1. The number of rotatable bonds is 7. The van der Waals surface area contributed by atoms with Crippen LogP contribution in [-0.2, 0) is 24.5 Å². The number of fused-ring (bicyclic) bond motifs is 1. The lowest BCUT2D eigenvalue weighted by molar-refractivity contribution is -0.384. The molecule has 2 saturated heterocycles. The summed E-state index contributed by atoms with van der Waals surface area (Å²) in [6, 6.07) is 25.5. The number of benzene rings is 4. The molecule has 2 aliphatic heterocycles. The van der Waals surface area contributed by atoms with Gasteiger partial charge in [0.15, 0.2) is 6.10 Å². The highest BCUT2D eigenvalue weighted by molar-refractivity contribution is 7.87. The summed E-state index contributed by atoms with van der Waals surface area (Å²) in [5, 5.41) is 12.8. The van der Waals surface area contributed by atoms with Crippen molar-refractivity contribution < 1.29 is 32.0 Å². The van der Waals surface area contributed by atoms with Crippen LogP contribution in [0.5, 0.6) is 5.75 Å². The lowest BCUT2D eigenvalue weighted by Crippen LogP contribution is -2.37. The van der Waals surface area contributed by atoms with E-state index in [0.29, 0.717) is 11.3 Å². The van der Waals surface area contributed by atoms with E-state index in [9.17, 15) is 28.1 Å². The van der Waals surface area contributed by atoms with Crippen LogP contribution in [0.15, 0.2) is 108 Å². The Morgan fingerprint density at radius 1 is 0.833 bits per heavy atom. The number of hydrogen-bond donors (Lipinski definition) is 0. The van der Waals surface area contributed by atoms with E-state index in [1.807, 2.05) is 13.0 Å². The first-order chi connectivity index (χ1) is 20.1. The Morgan fingerprint density at radius 2 is 1.52 bits per heavy atom. The summed E-state index contributed by atoms with van der Waals surface area (Å²) in [6.07, 6.45) is -1.18. The monoisotopic (exact) mass is 585 g/mol. The van der Waals surface area contributed by atoms with Gasteiger partial charge in [-0.25, -0.2) is 9.96 Å². The first-order valence-electron chi connectivity index (χ1n) is 12.9. The second-order valence-corrected chi connectivity index (χ2v) is 11.4. The number of nitro benzene ring substituents is 1. The molecule has 4 aromatic rings. The maximum atomic E-state index is 13.8. The summed E-state index contributed by atoms with van der Waals surface area (Å²) in [6.45, 7) is 1.85. The number of nitro groups is 1. The van der Waals surface area contributed by atoms with Crippen LogP contribution in [0, 0.1) is 23.0 Å². The van der Waals surface area contributed by atoms with Gasteiger partial charge < -0.3 is 4.18 Å². The van der Waals surface area contributed by atoms with Crippen LogP contribution in [0.4, 0.5) is 17.1 Å². The summed E-state index contributed by atoms with van der Waals surface area (Å²) in [5.74, 6) is -1.99. The molecule has 0 unspecified atom stereocenters. The van der Waals surface area contributed by atoms with E-state index in [4.69, 9.17) is 9.02 Å². The Labute approximate surface area is 240 Å². The second-order valence-electron chi connectivity index (χ2n) is 9.87. The minimum atomic E-state index is -4.09. The second kappa shape index (κ2) is 10.4. The zero-order valence-electron chi connectivity index (χ0n) is 22.1. The first-order valence-corrected chi connectivity index (χ1v) is 14.3. The van der Waals surface area contributed by atoms with Gasteiger partial charge in [0, 0.05) is 12.1 Å². The van der Waals surface area contributed by atoms with Gasteiger partial charge in [-0.2, -0.15) is 8.42 Å². The quantitative estimate of drug-likeness (QED) is 0.131. The Bertz CT molecular complexity index is 1810. The van der Waals surface area contributed by atoms with Crippen LogP contribution in [0.25, 0.3) is 0 Å². The van der Waals surface area contributed by atoms with Crippen molar-refractivity contribution in [1.29, 1.82) is 0 Å². The van der Waals surface area contributed by atoms with E-state index in [1.54, 1.807) is 54.6 Å². The molecule has 42 heavy (non-hydrogen) atoms. The van der Waals surface area contributed by atoms with Crippen LogP contribution >= 0.6 is 0 Å². The molecule has 0 N–H and O–H groups in total. The van der Waals surface area contributed by atoms with E-state index in [0.717, 1.165) is 10.5 Å². The molecule has 2 heterocycles. The zero-order valence-corrected chi connectivity index (χ0v) is 22.9. The highest BCUT2D eigenvalue weighted by atomic mass is 32.2. The first kappa shape index (κ1) is 27.1. The van der Waals surface area contributed by atoms with Crippen molar-refractivity contribution in [2.45, 2.75) is 24.0 Å². The van der Waals surface area contributed by atoms with Crippen molar-refractivity contribution in [3.63, 3.8) is 0 Å². The van der Waals surface area contributed by atoms with Gasteiger partial charge in [-0.05, 0) is 60.5 Å². The topological polar surface area (TPSA) is 136 Å². The van der Waals surface area contributed by atoms with Crippen LogP contribution in [0.3, 0.4) is 0 Å². The number of carbonyl (C=O) groups excluding carboxylic acids is 2. The van der Waals surface area contributed by atoms with E-state index in [-0.39, 0.29) is 22.0 Å². The Morgan fingerprint density at radius 3 is 2.21 bits per heavy atom. The lowest BCUT2D eigenvalue weighted by Gasteiger charge is -2.28. The minimum Gasteiger partial charge on any atom is -0.379 e. The molecule has 0 radical (unpaired) electrons. The summed E-state index contributed by atoms with van der Waals surface area (Å²) >= 11 is 0. The average molecular weight is 586 g/mol. The van der Waals surface area contributed by atoms with Gasteiger partial charge in [-0.3, -0.25) is 24.5 Å². The molecule has 0 aliphatic carbocycles. The molecular formula is C30H23N3O8S. The Balaban J connectivity index is 1.38. The number of aryl methyl sites for hydroxylation is 1. The van der Waals surface area contributed by atoms with E-state index in [1.165, 1.54) is 47.5 Å². The van der Waals surface area contributed by atoms with Crippen molar-refractivity contribution >= 4 is 39.0 Å². The smallest absolute Gasteiger partial charge is 0.339 e. The number of hydrogen-bond acceptors (Lipinski definition) is 9. The van der Waals surface area contributed by atoms with Gasteiger partial charge in [0.05, 0.1) is 22.3 Å². The standard InChI is InChI=1S/C30H23N3O8S/c1-19-7-5-8-21(17-19)31-29(34)26-27(32(40-28(26)30(31)35)22-9-6-10-23(18-22)33(36)37)20-13-15-24(16-14-20)41-42(38,39)25-11-3-2-4-12-25/h2-18,26-28H,1H3/t26-,27-,28+/m0/s1. The highest BCUT2D eigenvalue weighted by Gasteiger charge is 2.60. The average Bonchev–Trinajstić information content (AvgIpc) is 3.49. The third-order valence-electron chi connectivity index (χ3n) is 7.13. The molecular weight excluding hydrogens is 562 g/mol. The molecule has 2 aliphatic rings. The molecule has 2 amide bonds. The largest absolute Gasteiger partial charge is 0.379 e. The van der Waals surface area contributed by atoms with Crippen LogP contribution < -0.4 is 14.1 Å². The molecule has 0 spiro atoms. The molecule has 2 fully saturated rings. The van der Waals surface area contributed by atoms with Gasteiger partial charge >= 0.3 is 10.1 Å². The van der Waals surface area contributed by atoms with Crippen molar-refractivity contribution in [3.8, 4) is 5.75 Å². The number of non-ortho nitro benzene ring substituents is 1. The summed E-state index contributed by atoms with van der Waals surface area (Å²) < 4.78 is 30.7. The molecule has 6 rings (SSSR count). The number of amides is 2. The maximum Gasteiger partial charge on any atom is 0.339 e. The molecule has 12 heteroatoms. The Kier molecular flexibility index (Phi) is 6.71. The van der Waals surface area contributed by atoms with E-state index < -0.39 is 44.9 Å². The van der Waals surface area contributed by atoms with Crippen molar-refractivity contribution in [2.24, 2.45) is 5.92 Å². The summed E-state index contributed by atoms with van der Waals surface area (Å²) in [5.41, 5.74) is 1.87. The number of hydroxylamine groups is 1. The number of anilines is 2. The van der Waals surface area contributed by atoms with Gasteiger partial charge in [0.1, 0.15) is 16.6 Å². The number of carbonyl (C=O) groups is 2. The third kappa shape index (κ3) is 4.76. The molecule has 0 aromatic heterocycles. The lowest BCUT2D eigenvalue weighted by atomic mass is 9.90. The van der Waals surface area contributed by atoms with Gasteiger partial charge in [-0.1, -0.05) is 48.5 Å². The van der Waals surface area contributed by atoms with Crippen LogP contribution in [0.2, 0.25) is 0 Å². The van der Waals surface area contributed by atoms with Gasteiger partial charge in [0.25, 0.3) is 11.6 Å². The molecule has 0 bridgehead atoms. The highest BCUT2D eigenvalue weighted by Crippen LogP contribution is 2.48. The van der Waals surface area contributed by atoms with Crippen LogP contribution in [-0.4, -0.2) is 31.3 Å². The van der Waals surface area contributed by atoms with Crippen LogP contribution in [0.1, 0.15) is 17.2 Å². The molecule has 3 atom stereocenters. The molecule has 212 valence electrons. The third-order valence-corrected chi connectivity index (χ3v) is 8.39. The van der Waals surface area contributed by atoms with E-state index >= 15 is 0 Å². The predicted octanol–water partition coefficient (Wildman–Crippen LogP) is 4.72. The number of nitrogens with zero attached hydrogens (tertiary/aromatic N) is 3. The zero-order chi connectivity index (χ0) is 29.6. The molecule has 0 saturated carbocycles. The normalized spacial score (nSPS) is 20.1. The maximum absolute atomic E-state index is 13.8. The summed E-state index contributed by atoms with van der Waals surface area (Å²) in [4.78, 5) is 45.5. The molecule has 4 aromatic carbocycles. The SMILES string of the molecule is Cc1cccc(N2C(=O)[C@@H]3[C@@H](ON(c4cccc([N+](=O)[O-])c4)[C@H]3c3ccc(OS(=O)(=O)c4ccccc4)cc3)C2=O)c1. The predicted molar refractivity (Wildman–Crippen MR) is 151 cm³/mol. The summed E-state index contributed by atoms with van der Waals surface area (Å²) in [7, 11) is -4.09. The van der Waals surface area contributed by atoms with Crippen molar-refractivity contribution in [3.05, 3.63) is 124 Å². The fourth-order valence-electron chi connectivity index (χ4n) is 5.22. The Hall–Kier alpha value is -5.07. The van der Waals surface area contributed by atoms with Crippen molar-refractivity contribution in [1.82, 2.24) is 0 Å². The van der Waals surface area contributed by atoms with E-state index in [2.05, 4.69) is 0 Å². The van der Waals surface area contributed by atoms with Crippen molar-refractivity contribution in [2.75, 3.05) is 9.96 Å².